The van der Waals surface area contributed by atoms with Crippen LogP contribution < -0.4 is 0 Å². The Balaban J connectivity index is 1.90. The molecule has 1 heterocycles. The van der Waals surface area contributed by atoms with Crippen LogP contribution in [0.3, 0.4) is 0 Å². The summed E-state index contributed by atoms with van der Waals surface area (Å²) in [5.74, 6) is 0.761. The lowest BCUT2D eigenvalue weighted by Gasteiger charge is -2.26. The Bertz CT molecular complexity index is 317. The summed E-state index contributed by atoms with van der Waals surface area (Å²) in [6, 6.07) is 8.60. The largest absolute Gasteiger partial charge is 0.381 e. The Kier molecular flexibility index (Phi) is 4.86. The van der Waals surface area contributed by atoms with Crippen LogP contribution in [0.5, 0.6) is 0 Å². The summed E-state index contributed by atoms with van der Waals surface area (Å²) in [6.07, 6.45) is 3.48. The summed E-state index contributed by atoms with van der Waals surface area (Å²) in [5, 5.41) is 0. The van der Waals surface area contributed by atoms with Crippen molar-refractivity contribution >= 4 is 31.9 Å². The maximum Gasteiger partial charge on any atom is 0.0469 e. The monoisotopic (exact) mass is 346 g/mol. The average Bonchev–Trinajstić information content (AvgIpc) is 2.33. The first-order valence-electron chi connectivity index (χ1n) is 5.72. The number of alkyl halides is 1. The van der Waals surface area contributed by atoms with E-state index in [0.717, 1.165) is 30.0 Å². The van der Waals surface area contributed by atoms with Gasteiger partial charge in [-0.05, 0) is 42.9 Å². The first-order chi connectivity index (χ1) is 7.75. The molecule has 1 atom stereocenters. The van der Waals surface area contributed by atoms with Crippen molar-refractivity contribution in [2.75, 3.05) is 13.2 Å². The number of rotatable bonds is 3. The van der Waals surface area contributed by atoms with Gasteiger partial charge >= 0.3 is 0 Å². The second kappa shape index (κ2) is 6.18. The highest BCUT2D eigenvalue weighted by Crippen LogP contribution is 2.27. The Morgan fingerprint density at radius 3 is 2.44 bits per heavy atom. The highest BCUT2D eigenvalue weighted by atomic mass is 79.9. The first kappa shape index (κ1) is 12.6. The SMILES string of the molecule is Brc1ccc(CC(Br)C2CCOCC2)cc1. The number of hydrogen-bond donors (Lipinski definition) is 0. The third kappa shape index (κ3) is 3.57. The van der Waals surface area contributed by atoms with Crippen LogP contribution >= 0.6 is 31.9 Å². The molecule has 1 fully saturated rings. The number of halogens is 2. The minimum Gasteiger partial charge on any atom is -0.381 e. The van der Waals surface area contributed by atoms with Crippen LogP contribution in [0, 0.1) is 5.92 Å². The molecule has 0 N–H and O–H groups in total. The summed E-state index contributed by atoms with van der Waals surface area (Å²) in [4.78, 5) is 0.581. The highest BCUT2D eigenvalue weighted by molar-refractivity contribution is 9.10. The van der Waals surface area contributed by atoms with Crippen molar-refractivity contribution < 1.29 is 4.74 Å². The fourth-order valence-corrected chi connectivity index (χ4v) is 3.26. The topological polar surface area (TPSA) is 9.23 Å². The van der Waals surface area contributed by atoms with Gasteiger partial charge in [-0.25, -0.2) is 0 Å². The van der Waals surface area contributed by atoms with Crippen LogP contribution in [0.4, 0.5) is 0 Å². The Morgan fingerprint density at radius 1 is 1.19 bits per heavy atom. The van der Waals surface area contributed by atoms with Crippen molar-refractivity contribution in [3.8, 4) is 0 Å². The Labute approximate surface area is 114 Å². The zero-order valence-corrected chi connectivity index (χ0v) is 12.3. The van der Waals surface area contributed by atoms with Crippen LogP contribution in [0.15, 0.2) is 28.7 Å². The third-order valence-electron chi connectivity index (χ3n) is 3.12. The van der Waals surface area contributed by atoms with Gasteiger partial charge in [-0.1, -0.05) is 44.0 Å². The molecule has 2 rings (SSSR count). The molecule has 0 aliphatic carbocycles. The van der Waals surface area contributed by atoms with Crippen molar-refractivity contribution in [1.29, 1.82) is 0 Å². The molecule has 1 nitrogen and oxygen atoms in total. The average molecular weight is 348 g/mol. The number of ether oxygens (including phenoxy) is 1. The van der Waals surface area contributed by atoms with Crippen molar-refractivity contribution in [3.63, 3.8) is 0 Å². The van der Waals surface area contributed by atoms with E-state index in [9.17, 15) is 0 Å². The molecule has 0 aromatic heterocycles. The lowest BCUT2D eigenvalue weighted by molar-refractivity contribution is 0.0662. The number of hydrogen-bond acceptors (Lipinski definition) is 1. The summed E-state index contributed by atoms with van der Waals surface area (Å²) < 4.78 is 6.54. The molecule has 0 radical (unpaired) electrons. The molecule has 1 aromatic carbocycles. The highest BCUT2D eigenvalue weighted by Gasteiger charge is 2.21. The molecule has 0 spiro atoms. The summed E-state index contributed by atoms with van der Waals surface area (Å²) in [7, 11) is 0. The predicted octanol–water partition coefficient (Wildman–Crippen LogP) is 4.18. The maximum atomic E-state index is 5.39. The van der Waals surface area contributed by atoms with Crippen molar-refractivity contribution in [2.24, 2.45) is 5.92 Å². The van der Waals surface area contributed by atoms with E-state index in [0.29, 0.717) is 4.83 Å². The van der Waals surface area contributed by atoms with E-state index in [-0.39, 0.29) is 0 Å². The zero-order valence-electron chi connectivity index (χ0n) is 9.16. The van der Waals surface area contributed by atoms with Gasteiger partial charge in [0.1, 0.15) is 0 Å². The van der Waals surface area contributed by atoms with E-state index in [1.165, 1.54) is 18.4 Å². The molecule has 1 aromatic rings. The fourth-order valence-electron chi connectivity index (χ4n) is 2.09. The van der Waals surface area contributed by atoms with E-state index in [4.69, 9.17) is 4.74 Å². The summed E-state index contributed by atoms with van der Waals surface area (Å²) >= 11 is 7.29. The van der Waals surface area contributed by atoms with E-state index in [1.807, 2.05) is 0 Å². The van der Waals surface area contributed by atoms with Crippen LogP contribution in [0.25, 0.3) is 0 Å². The van der Waals surface area contributed by atoms with Crippen molar-refractivity contribution in [2.45, 2.75) is 24.1 Å². The first-order valence-corrected chi connectivity index (χ1v) is 7.43. The molecule has 1 aliphatic rings. The second-order valence-corrected chi connectivity index (χ2v) is 6.39. The van der Waals surface area contributed by atoms with Gasteiger partial charge in [0.15, 0.2) is 0 Å². The number of benzene rings is 1. The predicted molar refractivity (Wildman–Crippen MR) is 74.1 cm³/mol. The van der Waals surface area contributed by atoms with Crippen LogP contribution in [-0.2, 0) is 11.2 Å². The Hall–Kier alpha value is 0.140. The molecule has 0 bridgehead atoms. The molecule has 3 heteroatoms. The molecule has 88 valence electrons. The lowest BCUT2D eigenvalue weighted by atomic mass is 9.93. The smallest absolute Gasteiger partial charge is 0.0469 e. The molecule has 1 aliphatic heterocycles. The van der Waals surface area contributed by atoms with Gasteiger partial charge in [-0.2, -0.15) is 0 Å². The zero-order chi connectivity index (χ0) is 11.4. The molecule has 0 saturated carbocycles. The molecule has 1 saturated heterocycles. The van der Waals surface area contributed by atoms with Gasteiger partial charge in [-0.3, -0.25) is 0 Å². The standard InChI is InChI=1S/C13H16Br2O/c14-12-3-1-10(2-4-12)9-13(15)11-5-7-16-8-6-11/h1-4,11,13H,5-9H2. The van der Waals surface area contributed by atoms with Gasteiger partial charge in [0.25, 0.3) is 0 Å². The lowest BCUT2D eigenvalue weighted by Crippen LogP contribution is -2.24. The third-order valence-corrected chi connectivity index (χ3v) is 4.72. The second-order valence-electron chi connectivity index (χ2n) is 4.30. The molecule has 1 unspecified atom stereocenters. The van der Waals surface area contributed by atoms with Crippen LogP contribution in [0.1, 0.15) is 18.4 Å². The minimum atomic E-state index is 0.581. The fraction of sp³-hybridized carbons (Fsp3) is 0.538. The van der Waals surface area contributed by atoms with Crippen molar-refractivity contribution in [3.05, 3.63) is 34.3 Å². The van der Waals surface area contributed by atoms with E-state index < -0.39 is 0 Å². The normalized spacial score (nSPS) is 19.6. The van der Waals surface area contributed by atoms with Crippen molar-refractivity contribution in [1.82, 2.24) is 0 Å². The molecular weight excluding hydrogens is 332 g/mol. The van der Waals surface area contributed by atoms with Crippen LogP contribution in [0.2, 0.25) is 0 Å². The van der Waals surface area contributed by atoms with Gasteiger partial charge in [0.2, 0.25) is 0 Å². The molecule has 0 amide bonds. The van der Waals surface area contributed by atoms with E-state index in [2.05, 4.69) is 56.1 Å². The summed E-state index contributed by atoms with van der Waals surface area (Å²) in [5.41, 5.74) is 1.40. The molecular formula is C13H16Br2O. The van der Waals surface area contributed by atoms with Gasteiger partial charge in [0.05, 0.1) is 0 Å². The van der Waals surface area contributed by atoms with E-state index in [1.54, 1.807) is 0 Å². The van der Waals surface area contributed by atoms with Gasteiger partial charge < -0.3 is 4.74 Å². The van der Waals surface area contributed by atoms with Gasteiger partial charge in [-0.15, -0.1) is 0 Å². The quantitative estimate of drug-likeness (QED) is 0.745. The molecule has 16 heavy (non-hydrogen) atoms. The maximum absolute atomic E-state index is 5.39. The van der Waals surface area contributed by atoms with E-state index >= 15 is 0 Å². The van der Waals surface area contributed by atoms with Crippen LogP contribution in [-0.4, -0.2) is 18.0 Å². The summed E-state index contributed by atoms with van der Waals surface area (Å²) in [6.45, 7) is 1.85. The Morgan fingerprint density at radius 2 is 1.81 bits per heavy atom. The minimum absolute atomic E-state index is 0.581. The van der Waals surface area contributed by atoms with Gasteiger partial charge in [0, 0.05) is 22.5 Å².